The quantitative estimate of drug-likeness (QED) is 0.758. The highest BCUT2D eigenvalue weighted by Crippen LogP contribution is 2.27. The van der Waals surface area contributed by atoms with Gasteiger partial charge < -0.3 is 0 Å². The summed E-state index contributed by atoms with van der Waals surface area (Å²) in [5.41, 5.74) is 1.54. The van der Waals surface area contributed by atoms with Gasteiger partial charge in [-0.2, -0.15) is 5.10 Å². The van der Waals surface area contributed by atoms with Crippen LogP contribution in [0.4, 0.5) is 0 Å². The molecule has 2 heterocycles. The van der Waals surface area contributed by atoms with Crippen LogP contribution in [0.25, 0.3) is 11.0 Å². The average molecular weight is 232 g/mol. The SMILES string of the molecule is Clc1c(Br)cnc2cn[nH]c12. The fourth-order valence-corrected chi connectivity index (χ4v) is 1.33. The molecule has 56 valence electrons. The van der Waals surface area contributed by atoms with E-state index >= 15 is 0 Å². The third kappa shape index (κ3) is 1.02. The van der Waals surface area contributed by atoms with Crippen LogP contribution in [0, 0.1) is 0 Å². The van der Waals surface area contributed by atoms with Crippen LogP contribution in [-0.4, -0.2) is 15.2 Å². The number of hydrogen-bond acceptors (Lipinski definition) is 2. The maximum absolute atomic E-state index is 5.91. The van der Waals surface area contributed by atoms with Crippen LogP contribution < -0.4 is 0 Å². The van der Waals surface area contributed by atoms with Crippen molar-refractivity contribution in [3.8, 4) is 0 Å². The molecule has 0 spiro atoms. The van der Waals surface area contributed by atoms with E-state index in [-0.39, 0.29) is 0 Å². The Labute approximate surface area is 75.9 Å². The number of pyridine rings is 1. The van der Waals surface area contributed by atoms with Crippen molar-refractivity contribution in [2.75, 3.05) is 0 Å². The van der Waals surface area contributed by atoms with Crippen molar-refractivity contribution >= 4 is 38.6 Å². The zero-order valence-electron chi connectivity index (χ0n) is 5.31. The molecule has 0 aliphatic carbocycles. The number of nitrogens with one attached hydrogen (secondary N) is 1. The molecule has 0 aromatic carbocycles. The largest absolute Gasteiger partial charge is 0.275 e. The lowest BCUT2D eigenvalue weighted by molar-refractivity contribution is 1.12. The normalized spacial score (nSPS) is 10.7. The van der Waals surface area contributed by atoms with Crippen molar-refractivity contribution in [1.29, 1.82) is 0 Å². The summed E-state index contributed by atoms with van der Waals surface area (Å²) in [5.74, 6) is 0. The molecule has 0 bridgehead atoms. The van der Waals surface area contributed by atoms with Crippen molar-refractivity contribution in [2.24, 2.45) is 0 Å². The van der Waals surface area contributed by atoms with Crippen LogP contribution in [-0.2, 0) is 0 Å². The average Bonchev–Trinajstić information content (AvgIpc) is 2.45. The van der Waals surface area contributed by atoms with E-state index in [1.807, 2.05) is 0 Å². The van der Waals surface area contributed by atoms with E-state index in [2.05, 4.69) is 31.1 Å². The van der Waals surface area contributed by atoms with Crippen molar-refractivity contribution in [1.82, 2.24) is 15.2 Å². The summed E-state index contributed by atoms with van der Waals surface area (Å²) in [7, 11) is 0. The van der Waals surface area contributed by atoms with Gasteiger partial charge in [-0.25, -0.2) is 0 Å². The number of halogens is 2. The lowest BCUT2D eigenvalue weighted by atomic mass is 10.4. The topological polar surface area (TPSA) is 41.6 Å². The smallest absolute Gasteiger partial charge is 0.110 e. The first-order chi connectivity index (χ1) is 5.29. The Morgan fingerprint density at radius 2 is 2.27 bits per heavy atom. The Hall–Kier alpha value is -0.610. The highest BCUT2D eigenvalue weighted by atomic mass is 79.9. The summed E-state index contributed by atoms with van der Waals surface area (Å²) >= 11 is 9.17. The molecule has 0 saturated carbocycles. The molecule has 0 fully saturated rings. The van der Waals surface area contributed by atoms with E-state index in [4.69, 9.17) is 11.6 Å². The fourth-order valence-electron chi connectivity index (χ4n) is 0.841. The summed E-state index contributed by atoms with van der Waals surface area (Å²) in [6.45, 7) is 0. The molecule has 0 amide bonds. The molecular weight excluding hydrogens is 229 g/mol. The zero-order valence-corrected chi connectivity index (χ0v) is 7.65. The van der Waals surface area contributed by atoms with Gasteiger partial charge in [-0.15, -0.1) is 0 Å². The summed E-state index contributed by atoms with van der Waals surface area (Å²) in [4.78, 5) is 4.08. The predicted molar refractivity (Wildman–Crippen MR) is 46.6 cm³/mol. The number of rotatable bonds is 0. The summed E-state index contributed by atoms with van der Waals surface area (Å²) < 4.78 is 0.774. The van der Waals surface area contributed by atoms with Gasteiger partial charge in [-0.1, -0.05) is 11.6 Å². The molecule has 1 N–H and O–H groups in total. The van der Waals surface area contributed by atoms with Gasteiger partial charge in [0.2, 0.25) is 0 Å². The van der Waals surface area contributed by atoms with E-state index < -0.39 is 0 Å². The highest BCUT2D eigenvalue weighted by Gasteiger charge is 2.04. The molecule has 0 unspecified atom stereocenters. The molecule has 11 heavy (non-hydrogen) atoms. The molecule has 0 saturated heterocycles. The van der Waals surface area contributed by atoms with Gasteiger partial charge in [0.25, 0.3) is 0 Å². The van der Waals surface area contributed by atoms with E-state index in [1.165, 1.54) is 0 Å². The van der Waals surface area contributed by atoms with Crippen LogP contribution in [0.15, 0.2) is 16.9 Å². The molecular formula is C6H3BrClN3. The minimum atomic E-state index is 0.618. The standard InChI is InChI=1S/C6H3BrClN3/c7-3-1-9-4-2-10-11-6(4)5(3)8/h1-2H,(H,10,11). The second-order valence-electron chi connectivity index (χ2n) is 2.05. The Bertz CT molecular complexity index is 398. The van der Waals surface area contributed by atoms with E-state index in [0.717, 1.165) is 15.5 Å². The maximum atomic E-state index is 5.91. The first-order valence-corrected chi connectivity index (χ1v) is 4.09. The number of hydrogen-bond donors (Lipinski definition) is 1. The zero-order chi connectivity index (χ0) is 7.84. The number of aromatic amines is 1. The van der Waals surface area contributed by atoms with Crippen LogP contribution in [0.3, 0.4) is 0 Å². The molecule has 0 aliphatic rings. The summed E-state index contributed by atoms with van der Waals surface area (Å²) in [5, 5.41) is 7.18. The Kier molecular flexibility index (Phi) is 1.58. The second-order valence-corrected chi connectivity index (χ2v) is 3.28. The van der Waals surface area contributed by atoms with Crippen LogP contribution in [0.1, 0.15) is 0 Å². The number of H-pyrrole nitrogens is 1. The van der Waals surface area contributed by atoms with E-state index in [9.17, 15) is 0 Å². The predicted octanol–water partition coefficient (Wildman–Crippen LogP) is 2.37. The van der Waals surface area contributed by atoms with Gasteiger partial charge in [0, 0.05) is 6.20 Å². The summed E-state index contributed by atoms with van der Waals surface area (Å²) in [6.07, 6.45) is 3.29. The van der Waals surface area contributed by atoms with Crippen LogP contribution >= 0.6 is 27.5 Å². The highest BCUT2D eigenvalue weighted by molar-refractivity contribution is 9.10. The van der Waals surface area contributed by atoms with E-state index in [1.54, 1.807) is 12.4 Å². The minimum absolute atomic E-state index is 0.618. The lowest BCUT2D eigenvalue weighted by Crippen LogP contribution is -1.77. The first kappa shape index (κ1) is 7.06. The molecule has 0 atom stereocenters. The Morgan fingerprint density at radius 3 is 3.09 bits per heavy atom. The Morgan fingerprint density at radius 1 is 1.45 bits per heavy atom. The molecule has 0 aliphatic heterocycles. The Balaban J connectivity index is 2.93. The minimum Gasteiger partial charge on any atom is -0.275 e. The van der Waals surface area contributed by atoms with Gasteiger partial charge in [-0.3, -0.25) is 10.1 Å². The van der Waals surface area contributed by atoms with Gasteiger partial charge in [0.15, 0.2) is 0 Å². The molecule has 2 aromatic rings. The molecule has 2 aromatic heterocycles. The molecule has 3 nitrogen and oxygen atoms in total. The third-order valence-electron chi connectivity index (χ3n) is 1.37. The van der Waals surface area contributed by atoms with E-state index in [0.29, 0.717) is 5.02 Å². The van der Waals surface area contributed by atoms with Gasteiger partial charge >= 0.3 is 0 Å². The molecule has 2 rings (SSSR count). The van der Waals surface area contributed by atoms with Gasteiger partial charge in [-0.05, 0) is 15.9 Å². The number of fused-ring (bicyclic) bond motifs is 1. The monoisotopic (exact) mass is 231 g/mol. The molecule has 0 radical (unpaired) electrons. The second kappa shape index (κ2) is 2.46. The van der Waals surface area contributed by atoms with Gasteiger partial charge in [0.05, 0.1) is 15.7 Å². The van der Waals surface area contributed by atoms with Gasteiger partial charge in [0.1, 0.15) is 11.0 Å². The number of aromatic nitrogens is 3. The van der Waals surface area contributed by atoms with Crippen LogP contribution in [0.5, 0.6) is 0 Å². The maximum Gasteiger partial charge on any atom is 0.110 e. The molecule has 5 heteroatoms. The number of nitrogens with zero attached hydrogens (tertiary/aromatic N) is 2. The lowest BCUT2D eigenvalue weighted by Gasteiger charge is -1.93. The fraction of sp³-hybridized carbons (Fsp3) is 0. The first-order valence-electron chi connectivity index (χ1n) is 2.92. The van der Waals surface area contributed by atoms with Crippen molar-refractivity contribution in [3.63, 3.8) is 0 Å². The van der Waals surface area contributed by atoms with Crippen molar-refractivity contribution in [3.05, 3.63) is 21.9 Å². The third-order valence-corrected chi connectivity index (χ3v) is 2.59. The summed E-state index contributed by atoms with van der Waals surface area (Å²) in [6, 6.07) is 0. The van der Waals surface area contributed by atoms with Crippen molar-refractivity contribution in [2.45, 2.75) is 0 Å². The van der Waals surface area contributed by atoms with Crippen LogP contribution in [0.2, 0.25) is 5.02 Å². The van der Waals surface area contributed by atoms with Crippen molar-refractivity contribution < 1.29 is 0 Å².